The fraction of sp³-hybridized carbons (Fsp3) is 0.923. The number of nitrogens with one attached hydrogen (secondary N) is 1. The highest BCUT2D eigenvalue weighted by atomic mass is 16.2. The molecular weight excluding hydrogens is 214 g/mol. The zero-order valence-corrected chi connectivity index (χ0v) is 11.1. The minimum atomic E-state index is 0.0796. The van der Waals surface area contributed by atoms with Gasteiger partial charge in [-0.1, -0.05) is 20.3 Å². The van der Waals surface area contributed by atoms with Crippen molar-refractivity contribution >= 4 is 5.91 Å². The maximum atomic E-state index is 12.0. The molecule has 1 saturated carbocycles. The van der Waals surface area contributed by atoms with E-state index in [4.69, 9.17) is 0 Å². The average Bonchev–Trinajstić information content (AvgIpc) is 3.10. The molecule has 0 aromatic heterocycles. The van der Waals surface area contributed by atoms with Crippen LogP contribution in [-0.2, 0) is 4.79 Å². The van der Waals surface area contributed by atoms with Crippen molar-refractivity contribution in [2.24, 2.45) is 0 Å². The third kappa shape index (κ3) is 3.19. The number of hydrogen-bond acceptors (Lipinski definition) is 3. The molecule has 0 radical (unpaired) electrons. The Morgan fingerprint density at radius 3 is 2.76 bits per heavy atom. The maximum Gasteiger partial charge on any atom is 0.240 e. The molecule has 1 heterocycles. The molecule has 1 N–H and O–H groups in total. The van der Waals surface area contributed by atoms with Gasteiger partial charge in [0, 0.05) is 19.1 Å². The van der Waals surface area contributed by atoms with Gasteiger partial charge in [0.15, 0.2) is 0 Å². The summed E-state index contributed by atoms with van der Waals surface area (Å²) in [4.78, 5) is 16.5. The highest BCUT2D eigenvalue weighted by Crippen LogP contribution is 2.26. The molecule has 0 spiro atoms. The van der Waals surface area contributed by atoms with Gasteiger partial charge < -0.3 is 4.90 Å². The fourth-order valence-corrected chi connectivity index (χ4v) is 2.60. The van der Waals surface area contributed by atoms with Crippen LogP contribution in [0.5, 0.6) is 0 Å². The number of rotatable bonds is 7. The van der Waals surface area contributed by atoms with E-state index < -0.39 is 0 Å². The van der Waals surface area contributed by atoms with Crippen molar-refractivity contribution in [2.45, 2.75) is 51.6 Å². The maximum absolute atomic E-state index is 12.0. The summed E-state index contributed by atoms with van der Waals surface area (Å²) >= 11 is 0. The largest absolute Gasteiger partial charge is 0.327 e. The van der Waals surface area contributed by atoms with E-state index in [1.54, 1.807) is 0 Å². The van der Waals surface area contributed by atoms with Crippen LogP contribution in [0, 0.1) is 0 Å². The topological polar surface area (TPSA) is 35.6 Å². The lowest BCUT2D eigenvalue weighted by Gasteiger charge is -2.23. The lowest BCUT2D eigenvalue weighted by molar-refractivity contribution is -0.129. The second-order valence-corrected chi connectivity index (χ2v) is 5.16. The Bertz CT molecular complexity index is 265. The van der Waals surface area contributed by atoms with Gasteiger partial charge in [-0.25, -0.2) is 0 Å². The summed E-state index contributed by atoms with van der Waals surface area (Å²) in [6.45, 7) is 8.11. The van der Waals surface area contributed by atoms with Crippen molar-refractivity contribution in [3.63, 3.8) is 0 Å². The molecule has 1 unspecified atom stereocenters. The fourth-order valence-electron chi connectivity index (χ4n) is 2.60. The second-order valence-electron chi connectivity index (χ2n) is 5.16. The molecule has 0 aromatic rings. The molecule has 4 heteroatoms. The van der Waals surface area contributed by atoms with Crippen LogP contribution in [-0.4, -0.2) is 54.1 Å². The smallest absolute Gasteiger partial charge is 0.240 e. The molecule has 1 aliphatic heterocycles. The highest BCUT2D eigenvalue weighted by molar-refractivity contribution is 5.83. The van der Waals surface area contributed by atoms with Gasteiger partial charge in [0.05, 0.1) is 12.7 Å². The van der Waals surface area contributed by atoms with Crippen molar-refractivity contribution in [1.29, 1.82) is 0 Å². The van der Waals surface area contributed by atoms with Crippen molar-refractivity contribution in [3.05, 3.63) is 0 Å². The molecule has 0 aromatic carbocycles. The molecule has 2 fully saturated rings. The molecule has 98 valence electrons. The summed E-state index contributed by atoms with van der Waals surface area (Å²) in [6.07, 6.45) is 4.73. The predicted molar refractivity (Wildman–Crippen MR) is 68.7 cm³/mol. The number of likely N-dealkylation sites (N-methyl/N-ethyl adjacent to an activating group) is 1. The third-order valence-corrected chi connectivity index (χ3v) is 3.84. The summed E-state index contributed by atoms with van der Waals surface area (Å²) in [7, 11) is 0. The van der Waals surface area contributed by atoms with Gasteiger partial charge >= 0.3 is 0 Å². The van der Waals surface area contributed by atoms with Crippen LogP contribution >= 0.6 is 0 Å². The van der Waals surface area contributed by atoms with E-state index in [-0.39, 0.29) is 6.04 Å². The Hall–Kier alpha value is -0.610. The number of hydrogen-bond donors (Lipinski definition) is 1. The van der Waals surface area contributed by atoms with Crippen molar-refractivity contribution < 1.29 is 4.79 Å². The van der Waals surface area contributed by atoms with E-state index in [0.29, 0.717) is 5.91 Å². The normalized spacial score (nSPS) is 25.0. The molecule has 17 heavy (non-hydrogen) atoms. The van der Waals surface area contributed by atoms with Gasteiger partial charge in [0.2, 0.25) is 5.91 Å². The minimum Gasteiger partial charge on any atom is -0.327 e. The summed E-state index contributed by atoms with van der Waals surface area (Å²) < 4.78 is 0. The first-order chi connectivity index (χ1) is 8.26. The predicted octanol–water partition coefficient (Wildman–Crippen LogP) is 1.03. The van der Waals surface area contributed by atoms with Gasteiger partial charge in [0.1, 0.15) is 0 Å². The van der Waals surface area contributed by atoms with Crippen LogP contribution in [0.15, 0.2) is 0 Å². The summed E-state index contributed by atoms with van der Waals surface area (Å²) in [5, 5.41) is 3.30. The lowest BCUT2D eigenvalue weighted by atomic mass is 10.2. The first-order valence-electron chi connectivity index (χ1n) is 7.02. The van der Waals surface area contributed by atoms with Crippen LogP contribution in [0.1, 0.15) is 39.5 Å². The Balaban J connectivity index is 1.74. The first kappa shape index (κ1) is 12.8. The lowest BCUT2D eigenvalue weighted by Crippen LogP contribution is -2.38. The van der Waals surface area contributed by atoms with Crippen molar-refractivity contribution in [3.8, 4) is 0 Å². The zero-order chi connectivity index (χ0) is 12.3. The Morgan fingerprint density at radius 2 is 2.18 bits per heavy atom. The molecule has 2 rings (SSSR count). The van der Waals surface area contributed by atoms with Gasteiger partial charge in [-0.05, 0) is 25.8 Å². The molecular formula is C13H25N3O. The number of nitrogens with zero attached hydrogens (tertiary/aromatic N) is 2. The molecule has 1 saturated heterocycles. The molecule has 1 aliphatic carbocycles. The highest BCUT2D eigenvalue weighted by Gasteiger charge is 2.32. The van der Waals surface area contributed by atoms with Crippen LogP contribution in [0.4, 0.5) is 0 Å². The van der Waals surface area contributed by atoms with Gasteiger partial charge in [0.25, 0.3) is 0 Å². The quantitative estimate of drug-likeness (QED) is 0.721. The molecule has 4 nitrogen and oxygen atoms in total. The average molecular weight is 239 g/mol. The summed E-state index contributed by atoms with van der Waals surface area (Å²) in [5.41, 5.74) is 0. The van der Waals surface area contributed by atoms with E-state index in [2.05, 4.69) is 24.1 Å². The second kappa shape index (κ2) is 5.83. The molecule has 1 atom stereocenters. The van der Waals surface area contributed by atoms with E-state index in [1.807, 2.05) is 4.90 Å². The molecule has 0 bridgehead atoms. The third-order valence-electron chi connectivity index (χ3n) is 3.84. The minimum absolute atomic E-state index is 0.0796. The van der Waals surface area contributed by atoms with Crippen LogP contribution in [0.2, 0.25) is 0 Å². The van der Waals surface area contributed by atoms with Gasteiger partial charge in [-0.3, -0.25) is 15.0 Å². The van der Waals surface area contributed by atoms with Crippen molar-refractivity contribution in [2.75, 3.05) is 26.3 Å². The van der Waals surface area contributed by atoms with Crippen LogP contribution in [0.3, 0.4) is 0 Å². The van der Waals surface area contributed by atoms with Gasteiger partial charge in [-0.15, -0.1) is 0 Å². The number of carbonyl (C=O) groups excluding carboxylic acids is 1. The van der Waals surface area contributed by atoms with E-state index in [1.165, 1.54) is 12.8 Å². The van der Waals surface area contributed by atoms with E-state index in [9.17, 15) is 4.79 Å². The van der Waals surface area contributed by atoms with E-state index >= 15 is 0 Å². The van der Waals surface area contributed by atoms with E-state index in [0.717, 1.165) is 45.2 Å². The van der Waals surface area contributed by atoms with Gasteiger partial charge in [-0.2, -0.15) is 0 Å². The Morgan fingerprint density at radius 1 is 1.41 bits per heavy atom. The van der Waals surface area contributed by atoms with Crippen LogP contribution < -0.4 is 5.32 Å². The number of amides is 1. The van der Waals surface area contributed by atoms with Crippen molar-refractivity contribution in [1.82, 2.24) is 15.1 Å². The number of carbonyl (C=O) groups is 1. The summed E-state index contributed by atoms with van der Waals surface area (Å²) in [6, 6.07) is 0.883. The first-order valence-corrected chi connectivity index (χ1v) is 7.02. The Kier molecular flexibility index (Phi) is 4.40. The zero-order valence-electron chi connectivity index (χ0n) is 11.1. The Labute approximate surface area is 104 Å². The monoisotopic (exact) mass is 239 g/mol. The summed E-state index contributed by atoms with van der Waals surface area (Å²) in [5.74, 6) is 0.304. The molecule has 1 amide bonds. The SMILES string of the molecule is CCCC1NCN(CCN(CC)C2CC2)C1=O. The molecule has 2 aliphatic rings. The standard InChI is InChI=1S/C13H25N3O/c1-3-5-12-13(17)16(10-14-12)9-8-15(4-2)11-6-7-11/h11-12,14H,3-10H2,1-2H3. The van der Waals surface area contributed by atoms with Crippen LogP contribution in [0.25, 0.3) is 0 Å².